The summed E-state index contributed by atoms with van der Waals surface area (Å²) < 4.78 is 40.3. The molecule has 1 aromatic carbocycles. The normalized spacial score (nSPS) is 11.2. The van der Waals surface area contributed by atoms with E-state index in [1.165, 1.54) is 30.5 Å². The van der Waals surface area contributed by atoms with Gasteiger partial charge in [-0.05, 0) is 46.3 Å². The van der Waals surface area contributed by atoms with Crippen LogP contribution >= 0.6 is 15.9 Å². The average Bonchev–Trinajstić information content (AvgIpc) is 2.42. The topological polar surface area (TPSA) is 97.1 Å². The minimum atomic E-state index is -3.92. The van der Waals surface area contributed by atoms with Gasteiger partial charge < -0.3 is 5.43 Å². The van der Waals surface area contributed by atoms with Gasteiger partial charge in [0.1, 0.15) is 10.7 Å². The molecule has 20 heavy (non-hydrogen) atoms. The van der Waals surface area contributed by atoms with Crippen LogP contribution < -0.4 is 16.0 Å². The van der Waals surface area contributed by atoms with Crippen molar-refractivity contribution < 1.29 is 12.8 Å². The molecule has 2 rings (SSSR count). The van der Waals surface area contributed by atoms with Crippen LogP contribution in [0.4, 0.5) is 15.9 Å². The summed E-state index contributed by atoms with van der Waals surface area (Å²) in [6.07, 6.45) is 1.40. The number of pyridine rings is 1. The first-order valence-electron chi connectivity index (χ1n) is 5.33. The smallest absolute Gasteiger partial charge is 0.265 e. The fourth-order valence-corrected chi connectivity index (χ4v) is 2.90. The highest BCUT2D eigenvalue weighted by atomic mass is 79.9. The van der Waals surface area contributed by atoms with Crippen molar-refractivity contribution in [3.05, 3.63) is 46.8 Å². The highest BCUT2D eigenvalue weighted by Gasteiger charge is 2.19. The molecule has 0 atom stereocenters. The van der Waals surface area contributed by atoms with Crippen LogP contribution in [0, 0.1) is 5.82 Å². The van der Waals surface area contributed by atoms with Gasteiger partial charge in [-0.15, -0.1) is 0 Å². The molecule has 106 valence electrons. The minimum Gasteiger partial charge on any atom is -0.307 e. The first-order chi connectivity index (χ1) is 9.44. The van der Waals surface area contributed by atoms with Gasteiger partial charge in [0.25, 0.3) is 10.0 Å². The van der Waals surface area contributed by atoms with Gasteiger partial charge in [0.05, 0.1) is 10.2 Å². The molecule has 1 heterocycles. The minimum absolute atomic E-state index is 0.00224. The van der Waals surface area contributed by atoms with Crippen LogP contribution in [0.15, 0.2) is 45.9 Å². The lowest BCUT2D eigenvalue weighted by atomic mass is 10.3. The Bertz CT molecular complexity index is 739. The standard InChI is InChI=1S/C11H10BrFN4O2S/c12-8-4-3-7(6-9(8)13)17-20(18,19)10-2-1-5-15-11(10)16-14/h1-6,17H,14H2,(H,15,16). The number of hydrogen-bond donors (Lipinski definition) is 3. The fourth-order valence-electron chi connectivity index (χ4n) is 1.49. The summed E-state index contributed by atoms with van der Waals surface area (Å²) in [5, 5.41) is 0. The van der Waals surface area contributed by atoms with E-state index >= 15 is 0 Å². The Morgan fingerprint density at radius 2 is 2.05 bits per heavy atom. The average molecular weight is 361 g/mol. The molecule has 0 bridgehead atoms. The summed E-state index contributed by atoms with van der Waals surface area (Å²) in [6.45, 7) is 0. The summed E-state index contributed by atoms with van der Waals surface area (Å²) in [6, 6.07) is 6.68. The number of aromatic nitrogens is 1. The maximum absolute atomic E-state index is 13.4. The quantitative estimate of drug-likeness (QED) is 0.572. The molecule has 0 aliphatic heterocycles. The van der Waals surface area contributed by atoms with E-state index in [0.717, 1.165) is 6.07 Å². The van der Waals surface area contributed by atoms with Crippen molar-refractivity contribution in [2.45, 2.75) is 4.90 Å². The number of benzene rings is 1. The summed E-state index contributed by atoms with van der Waals surface area (Å²) in [7, 11) is -3.92. The largest absolute Gasteiger partial charge is 0.307 e. The predicted molar refractivity (Wildman–Crippen MR) is 77.0 cm³/mol. The molecule has 0 aliphatic carbocycles. The Hall–Kier alpha value is -1.71. The number of sulfonamides is 1. The summed E-state index contributed by atoms with van der Waals surface area (Å²) in [4.78, 5) is 3.67. The third kappa shape index (κ3) is 3.06. The van der Waals surface area contributed by atoms with Gasteiger partial charge >= 0.3 is 0 Å². The Balaban J connectivity index is 2.38. The van der Waals surface area contributed by atoms with E-state index < -0.39 is 15.8 Å². The molecule has 0 radical (unpaired) electrons. The lowest BCUT2D eigenvalue weighted by molar-refractivity contribution is 0.601. The van der Waals surface area contributed by atoms with Crippen LogP contribution in [0.3, 0.4) is 0 Å². The van der Waals surface area contributed by atoms with Gasteiger partial charge in [0.2, 0.25) is 0 Å². The molecule has 0 unspecified atom stereocenters. The van der Waals surface area contributed by atoms with Crippen LogP contribution in [0.2, 0.25) is 0 Å². The molecular weight excluding hydrogens is 351 g/mol. The highest BCUT2D eigenvalue weighted by Crippen LogP contribution is 2.24. The van der Waals surface area contributed by atoms with Gasteiger partial charge in [-0.25, -0.2) is 23.6 Å². The van der Waals surface area contributed by atoms with E-state index in [2.05, 4.69) is 31.1 Å². The van der Waals surface area contributed by atoms with Gasteiger partial charge in [-0.1, -0.05) is 0 Å². The van der Waals surface area contributed by atoms with E-state index in [1.54, 1.807) is 0 Å². The monoisotopic (exact) mass is 360 g/mol. The number of rotatable bonds is 4. The molecular formula is C11H10BrFN4O2S. The lowest BCUT2D eigenvalue weighted by Gasteiger charge is -2.11. The maximum Gasteiger partial charge on any atom is 0.265 e. The zero-order chi connectivity index (χ0) is 14.8. The fraction of sp³-hybridized carbons (Fsp3) is 0. The molecule has 0 fully saturated rings. The number of nitrogen functional groups attached to an aromatic ring is 1. The van der Waals surface area contributed by atoms with Crippen LogP contribution in [0.1, 0.15) is 0 Å². The zero-order valence-electron chi connectivity index (χ0n) is 9.97. The number of nitrogens with two attached hydrogens (primary N) is 1. The summed E-state index contributed by atoms with van der Waals surface area (Å²) >= 11 is 2.99. The van der Waals surface area contributed by atoms with Crippen molar-refractivity contribution in [1.29, 1.82) is 0 Å². The second-order valence-electron chi connectivity index (χ2n) is 3.73. The second-order valence-corrected chi connectivity index (χ2v) is 6.23. The van der Waals surface area contributed by atoms with Crippen molar-refractivity contribution in [3.8, 4) is 0 Å². The zero-order valence-corrected chi connectivity index (χ0v) is 12.4. The first kappa shape index (κ1) is 14.7. The molecule has 0 aliphatic rings. The third-order valence-electron chi connectivity index (χ3n) is 2.37. The van der Waals surface area contributed by atoms with Crippen LogP contribution in [-0.2, 0) is 10.0 Å². The second kappa shape index (κ2) is 5.73. The molecule has 9 heteroatoms. The summed E-state index contributed by atoms with van der Waals surface area (Å²) in [5.41, 5.74) is 2.29. The van der Waals surface area contributed by atoms with Crippen molar-refractivity contribution in [2.24, 2.45) is 5.84 Å². The van der Waals surface area contributed by atoms with Gasteiger partial charge in [0.15, 0.2) is 5.82 Å². The Morgan fingerprint density at radius 1 is 1.30 bits per heavy atom. The molecule has 6 nitrogen and oxygen atoms in total. The third-order valence-corrected chi connectivity index (χ3v) is 4.42. The predicted octanol–water partition coefficient (Wildman–Crippen LogP) is 2.07. The van der Waals surface area contributed by atoms with Gasteiger partial charge in [-0.3, -0.25) is 4.72 Å². The molecule has 0 saturated carbocycles. The van der Waals surface area contributed by atoms with E-state index in [4.69, 9.17) is 5.84 Å². The molecule has 4 N–H and O–H groups in total. The number of anilines is 2. The Labute approximate surface area is 123 Å². The maximum atomic E-state index is 13.4. The van der Waals surface area contributed by atoms with Crippen LogP contribution in [0.25, 0.3) is 0 Å². The summed E-state index contributed by atoms with van der Waals surface area (Å²) in [5.74, 6) is 4.64. The SMILES string of the molecule is NNc1ncccc1S(=O)(=O)Nc1ccc(Br)c(F)c1. The molecule has 0 spiro atoms. The molecule has 2 aromatic rings. The van der Waals surface area contributed by atoms with Crippen molar-refractivity contribution in [2.75, 3.05) is 10.1 Å². The number of hydrazine groups is 1. The molecule has 0 saturated heterocycles. The number of nitrogens with zero attached hydrogens (tertiary/aromatic N) is 1. The van der Waals surface area contributed by atoms with Gasteiger partial charge in [-0.2, -0.15) is 0 Å². The van der Waals surface area contributed by atoms with Crippen LogP contribution in [0.5, 0.6) is 0 Å². The van der Waals surface area contributed by atoms with Crippen LogP contribution in [-0.4, -0.2) is 13.4 Å². The highest BCUT2D eigenvalue weighted by molar-refractivity contribution is 9.10. The van der Waals surface area contributed by atoms with Crippen molar-refractivity contribution in [1.82, 2.24) is 4.98 Å². The Kier molecular flexibility index (Phi) is 4.21. The van der Waals surface area contributed by atoms with Gasteiger partial charge in [0, 0.05) is 6.20 Å². The Morgan fingerprint density at radius 3 is 2.70 bits per heavy atom. The van der Waals surface area contributed by atoms with Crippen molar-refractivity contribution >= 4 is 37.5 Å². The number of hydrogen-bond acceptors (Lipinski definition) is 5. The van der Waals surface area contributed by atoms with E-state index in [0.29, 0.717) is 0 Å². The van der Waals surface area contributed by atoms with E-state index in [-0.39, 0.29) is 20.9 Å². The first-order valence-corrected chi connectivity index (χ1v) is 7.61. The molecule has 1 aromatic heterocycles. The molecule has 0 amide bonds. The lowest BCUT2D eigenvalue weighted by Crippen LogP contribution is -2.18. The van der Waals surface area contributed by atoms with Crippen molar-refractivity contribution in [3.63, 3.8) is 0 Å². The number of nitrogens with one attached hydrogen (secondary N) is 2. The number of halogens is 2. The van der Waals surface area contributed by atoms with E-state index in [9.17, 15) is 12.8 Å². The van der Waals surface area contributed by atoms with E-state index in [1.807, 2.05) is 0 Å².